The van der Waals surface area contributed by atoms with Crippen LogP contribution in [0.25, 0.3) is 10.9 Å². The van der Waals surface area contributed by atoms with Crippen molar-refractivity contribution < 1.29 is 17.6 Å². The van der Waals surface area contributed by atoms with Gasteiger partial charge in [0.15, 0.2) is 5.75 Å². The van der Waals surface area contributed by atoms with Crippen LogP contribution in [0.15, 0.2) is 30.5 Å². The van der Waals surface area contributed by atoms with Gasteiger partial charge in [0.05, 0.1) is 0 Å². The smallest absolute Gasteiger partial charge is 0.401 e. The van der Waals surface area contributed by atoms with E-state index in [4.69, 9.17) is 9.42 Å². The van der Waals surface area contributed by atoms with Gasteiger partial charge >= 0.3 is 7.82 Å². The minimum atomic E-state index is -4.07. The summed E-state index contributed by atoms with van der Waals surface area (Å²) in [5.74, 6) is 0.274. The van der Waals surface area contributed by atoms with Crippen molar-refractivity contribution in [2.45, 2.75) is 0 Å². The van der Waals surface area contributed by atoms with E-state index in [-0.39, 0.29) is 5.75 Å². The van der Waals surface area contributed by atoms with E-state index in [0.717, 1.165) is 10.9 Å². The predicted molar refractivity (Wildman–Crippen MR) is 58.8 cm³/mol. The highest BCUT2D eigenvalue weighted by atomic mass is 79.9. The molecule has 15 heavy (non-hydrogen) atoms. The van der Waals surface area contributed by atoms with Crippen LogP contribution < -0.4 is 4.52 Å². The fourth-order valence-corrected chi connectivity index (χ4v) is 1.86. The zero-order chi connectivity index (χ0) is 10.9. The fourth-order valence-electron chi connectivity index (χ4n) is 1.26. The first-order chi connectivity index (χ1) is 7.12. The molecular weight excluding hydrogens is 285 g/mol. The number of aromatic nitrogens is 1. The Balaban J connectivity index is 2.41. The lowest BCUT2D eigenvalue weighted by molar-refractivity contribution is 0.313. The molecule has 0 aliphatic carbocycles. The van der Waals surface area contributed by atoms with Gasteiger partial charge in [0, 0.05) is 17.1 Å². The molecule has 0 amide bonds. The van der Waals surface area contributed by atoms with Gasteiger partial charge in [-0.05, 0) is 12.1 Å². The lowest BCUT2D eigenvalue weighted by Crippen LogP contribution is -1.89. The van der Waals surface area contributed by atoms with Gasteiger partial charge in [-0.2, -0.15) is 3.62 Å². The van der Waals surface area contributed by atoms with Crippen molar-refractivity contribution in [1.82, 2.24) is 4.98 Å². The number of phosphoric ester groups is 1. The third kappa shape index (κ3) is 2.23. The van der Waals surface area contributed by atoms with Gasteiger partial charge in [0.2, 0.25) is 0 Å². The predicted octanol–water partition coefficient (Wildman–Crippen LogP) is 2.97. The highest BCUT2D eigenvalue weighted by Crippen LogP contribution is 2.47. The average molecular weight is 292 g/mol. The maximum absolute atomic E-state index is 11.1. The van der Waals surface area contributed by atoms with Crippen molar-refractivity contribution in [2.24, 2.45) is 0 Å². The zero-order valence-corrected chi connectivity index (χ0v) is 9.86. The number of H-pyrrole nitrogens is 1. The Morgan fingerprint density at radius 1 is 1.40 bits per heavy atom. The number of para-hydroxylation sites is 1. The number of benzene rings is 1. The van der Waals surface area contributed by atoms with Gasteiger partial charge < -0.3 is 9.51 Å². The number of phosphoric acid groups is 1. The van der Waals surface area contributed by atoms with Gasteiger partial charge in [0.25, 0.3) is 0 Å². The lowest BCUT2D eigenvalue weighted by Gasteiger charge is -2.07. The van der Waals surface area contributed by atoms with Crippen molar-refractivity contribution in [2.75, 3.05) is 0 Å². The topological polar surface area (TPSA) is 71.6 Å². The van der Waals surface area contributed by atoms with Crippen LogP contribution in [0.1, 0.15) is 0 Å². The summed E-state index contributed by atoms with van der Waals surface area (Å²) in [4.78, 5) is 12.0. The monoisotopic (exact) mass is 291 g/mol. The van der Waals surface area contributed by atoms with E-state index in [1.807, 2.05) is 12.1 Å². The molecule has 0 saturated carbocycles. The number of halogens is 1. The van der Waals surface area contributed by atoms with Crippen LogP contribution in [0.3, 0.4) is 0 Å². The first-order valence-electron chi connectivity index (χ1n) is 4.01. The van der Waals surface area contributed by atoms with E-state index >= 15 is 0 Å². The van der Waals surface area contributed by atoms with Gasteiger partial charge in [-0.15, -0.1) is 0 Å². The summed E-state index contributed by atoms with van der Waals surface area (Å²) >= 11 is 2.43. The van der Waals surface area contributed by atoms with Crippen molar-refractivity contribution in [3.63, 3.8) is 0 Å². The summed E-state index contributed by atoms with van der Waals surface area (Å²) < 4.78 is 20.1. The first kappa shape index (κ1) is 10.7. The Labute approximate surface area is 94.1 Å². The van der Waals surface area contributed by atoms with E-state index in [1.165, 1.54) is 6.20 Å². The summed E-state index contributed by atoms with van der Waals surface area (Å²) in [5, 5.41) is 0.719. The molecule has 0 bridgehead atoms. The van der Waals surface area contributed by atoms with E-state index in [1.54, 1.807) is 12.1 Å². The maximum Gasteiger partial charge on any atom is 0.538 e. The van der Waals surface area contributed by atoms with E-state index in [2.05, 4.69) is 24.9 Å². The summed E-state index contributed by atoms with van der Waals surface area (Å²) in [6.07, 6.45) is 1.50. The maximum atomic E-state index is 11.1. The Kier molecular flexibility index (Phi) is 2.84. The molecule has 1 aromatic heterocycles. The van der Waals surface area contributed by atoms with Crippen LogP contribution in [-0.4, -0.2) is 9.88 Å². The first-order valence-corrected chi connectivity index (χ1v) is 6.15. The molecule has 2 aromatic rings. The van der Waals surface area contributed by atoms with E-state index in [0.29, 0.717) is 0 Å². The normalized spacial score (nSPS) is 15.1. The van der Waals surface area contributed by atoms with E-state index < -0.39 is 7.82 Å². The molecule has 1 heterocycles. The second kappa shape index (κ2) is 3.98. The number of hydrogen-bond donors (Lipinski definition) is 2. The molecule has 0 spiro atoms. The third-order valence-corrected chi connectivity index (χ3v) is 3.55. The molecule has 1 unspecified atom stereocenters. The second-order valence-electron chi connectivity index (χ2n) is 2.83. The fraction of sp³-hybridized carbons (Fsp3) is 0. The van der Waals surface area contributed by atoms with Gasteiger partial charge in [-0.25, -0.2) is 4.57 Å². The second-order valence-corrected chi connectivity index (χ2v) is 4.95. The highest BCUT2D eigenvalue weighted by Gasteiger charge is 2.23. The molecule has 0 radical (unpaired) electrons. The lowest BCUT2D eigenvalue weighted by atomic mass is 10.2. The molecule has 2 rings (SSSR count). The standard InChI is InChI=1S/C8H7BrNO4P/c9-14-15(11,12)13-8-5-10-7-4-2-1-3-6(7)8/h1-5,10H,(H,11,12). The largest absolute Gasteiger partial charge is 0.538 e. The van der Waals surface area contributed by atoms with E-state index in [9.17, 15) is 4.57 Å². The molecule has 1 atom stereocenters. The van der Waals surface area contributed by atoms with Crippen LogP contribution >= 0.6 is 24.1 Å². The van der Waals surface area contributed by atoms with Crippen LogP contribution in [0.4, 0.5) is 0 Å². The highest BCUT2D eigenvalue weighted by molar-refractivity contribution is 9.06. The minimum absolute atomic E-state index is 0.274. The van der Waals surface area contributed by atoms with Gasteiger partial charge in [-0.3, -0.25) is 4.89 Å². The molecule has 0 fully saturated rings. The molecule has 0 saturated heterocycles. The molecule has 5 nitrogen and oxygen atoms in total. The Morgan fingerprint density at radius 2 is 2.13 bits per heavy atom. The number of nitrogens with one attached hydrogen (secondary N) is 1. The Hall–Kier alpha value is -0.810. The molecule has 2 N–H and O–H groups in total. The summed E-state index contributed by atoms with van der Waals surface area (Å²) in [6, 6.07) is 7.26. The summed E-state index contributed by atoms with van der Waals surface area (Å²) in [5.41, 5.74) is 0.821. The van der Waals surface area contributed by atoms with Crippen LogP contribution in [0.5, 0.6) is 5.75 Å². The summed E-state index contributed by atoms with van der Waals surface area (Å²) in [6.45, 7) is 0. The van der Waals surface area contributed by atoms with Gasteiger partial charge in [-0.1, -0.05) is 12.1 Å². The van der Waals surface area contributed by atoms with Crippen LogP contribution in [0.2, 0.25) is 0 Å². The van der Waals surface area contributed by atoms with Crippen LogP contribution in [-0.2, 0) is 8.18 Å². The number of aromatic amines is 1. The molecule has 0 aliphatic heterocycles. The number of hydrogen-bond acceptors (Lipinski definition) is 3. The Bertz CT molecular complexity index is 526. The molecular formula is C8H7BrNO4P. The summed E-state index contributed by atoms with van der Waals surface area (Å²) in [7, 11) is -4.07. The van der Waals surface area contributed by atoms with Crippen molar-refractivity contribution >= 4 is 35.0 Å². The SMILES string of the molecule is O=P(O)(OBr)Oc1c[nH]c2ccccc12. The Morgan fingerprint density at radius 3 is 2.87 bits per heavy atom. The molecule has 7 heteroatoms. The molecule has 80 valence electrons. The number of rotatable bonds is 3. The van der Waals surface area contributed by atoms with Gasteiger partial charge in [0.1, 0.15) is 16.3 Å². The minimum Gasteiger partial charge on any atom is -0.401 e. The zero-order valence-electron chi connectivity index (χ0n) is 7.38. The van der Waals surface area contributed by atoms with Crippen molar-refractivity contribution in [3.05, 3.63) is 30.5 Å². The number of fused-ring (bicyclic) bond motifs is 1. The van der Waals surface area contributed by atoms with Crippen molar-refractivity contribution in [1.29, 1.82) is 0 Å². The van der Waals surface area contributed by atoms with Crippen LogP contribution in [0, 0.1) is 0 Å². The molecule has 1 aromatic carbocycles. The third-order valence-electron chi connectivity index (χ3n) is 1.85. The quantitative estimate of drug-likeness (QED) is 0.853. The average Bonchev–Trinajstić information content (AvgIpc) is 2.62. The molecule has 0 aliphatic rings. The van der Waals surface area contributed by atoms with Crippen molar-refractivity contribution in [3.8, 4) is 5.75 Å².